The van der Waals surface area contributed by atoms with Crippen LogP contribution in [0.5, 0.6) is 5.75 Å². The number of esters is 1. The van der Waals surface area contributed by atoms with E-state index in [1.807, 2.05) is 25.1 Å². The SMILES string of the molecule is C=C(/N=C/c1cc(C)ccc1OCCOC(C)=O)O[Si](C)(C)C. The van der Waals surface area contributed by atoms with Gasteiger partial charge >= 0.3 is 5.97 Å². The number of carbonyl (C=O) groups excluding carboxylic acids is 1. The van der Waals surface area contributed by atoms with Crippen molar-refractivity contribution in [2.45, 2.75) is 33.5 Å². The Morgan fingerprint density at radius 3 is 2.61 bits per heavy atom. The number of carbonyl (C=O) groups is 1. The van der Waals surface area contributed by atoms with Crippen molar-refractivity contribution in [2.75, 3.05) is 13.2 Å². The zero-order valence-electron chi connectivity index (χ0n) is 14.5. The minimum absolute atomic E-state index is 0.214. The minimum atomic E-state index is -1.71. The van der Waals surface area contributed by atoms with Gasteiger partial charge in [0.05, 0.1) is 0 Å². The number of aliphatic imine (C=N–C) groups is 1. The van der Waals surface area contributed by atoms with Crippen LogP contribution in [0.2, 0.25) is 19.6 Å². The third kappa shape index (κ3) is 8.20. The maximum atomic E-state index is 10.7. The number of benzene rings is 1. The van der Waals surface area contributed by atoms with Gasteiger partial charge in [-0.05, 0) is 45.3 Å². The number of rotatable bonds is 8. The van der Waals surface area contributed by atoms with Crippen molar-refractivity contribution < 1.29 is 18.7 Å². The van der Waals surface area contributed by atoms with Crippen LogP contribution >= 0.6 is 0 Å². The van der Waals surface area contributed by atoms with Gasteiger partial charge < -0.3 is 13.9 Å². The molecular formula is C17H25NO4Si. The first-order valence-corrected chi connectivity index (χ1v) is 10.9. The van der Waals surface area contributed by atoms with Crippen LogP contribution in [0, 0.1) is 6.92 Å². The normalized spacial score (nSPS) is 11.3. The van der Waals surface area contributed by atoms with Crippen LogP contribution in [0.4, 0.5) is 0 Å². The Morgan fingerprint density at radius 2 is 2.00 bits per heavy atom. The summed E-state index contributed by atoms with van der Waals surface area (Å²) in [5.41, 5.74) is 1.92. The van der Waals surface area contributed by atoms with E-state index in [0.717, 1.165) is 11.1 Å². The van der Waals surface area contributed by atoms with E-state index in [1.165, 1.54) is 6.92 Å². The molecule has 0 fully saturated rings. The lowest BCUT2D eigenvalue weighted by Crippen LogP contribution is -2.24. The van der Waals surface area contributed by atoms with Crippen LogP contribution in [0.15, 0.2) is 35.7 Å². The van der Waals surface area contributed by atoms with Gasteiger partial charge in [-0.25, -0.2) is 4.99 Å². The van der Waals surface area contributed by atoms with Crippen molar-refractivity contribution in [1.82, 2.24) is 0 Å². The fourth-order valence-corrected chi connectivity index (χ4v) is 2.52. The van der Waals surface area contributed by atoms with E-state index in [1.54, 1.807) is 6.21 Å². The highest BCUT2D eigenvalue weighted by molar-refractivity contribution is 6.70. The molecule has 126 valence electrons. The van der Waals surface area contributed by atoms with Crippen LogP contribution in [0.1, 0.15) is 18.1 Å². The molecule has 6 heteroatoms. The van der Waals surface area contributed by atoms with Crippen molar-refractivity contribution in [3.05, 3.63) is 41.8 Å². The molecule has 0 saturated carbocycles. The number of ether oxygens (including phenoxy) is 2. The number of hydrogen-bond acceptors (Lipinski definition) is 5. The average Bonchev–Trinajstić information content (AvgIpc) is 2.40. The molecular weight excluding hydrogens is 310 g/mol. The van der Waals surface area contributed by atoms with Gasteiger partial charge in [-0.3, -0.25) is 4.79 Å². The van der Waals surface area contributed by atoms with Crippen LogP contribution in [0.25, 0.3) is 0 Å². The van der Waals surface area contributed by atoms with Gasteiger partial charge in [-0.1, -0.05) is 11.6 Å². The standard InChI is InChI=1S/C17H25NO4Si/c1-13-7-8-17(21-10-9-20-15(3)19)16(11-13)12-18-14(2)22-23(4,5)6/h7-8,11-12H,2,9-10H2,1,3-6H3/b18-12+. The quantitative estimate of drug-likeness (QED) is 0.239. The first-order valence-electron chi connectivity index (χ1n) is 7.46. The molecule has 0 saturated heterocycles. The second kappa shape index (κ2) is 8.52. The van der Waals surface area contributed by atoms with Gasteiger partial charge in [-0.15, -0.1) is 0 Å². The van der Waals surface area contributed by atoms with E-state index in [-0.39, 0.29) is 19.2 Å². The molecule has 1 rings (SSSR count). The molecule has 0 spiro atoms. The fourth-order valence-electron chi connectivity index (χ4n) is 1.76. The summed E-state index contributed by atoms with van der Waals surface area (Å²) in [5, 5.41) is 0. The number of nitrogens with zero attached hydrogens (tertiary/aromatic N) is 1. The Kier molecular flexibility index (Phi) is 7.03. The molecule has 0 amide bonds. The summed E-state index contributed by atoms with van der Waals surface area (Å²) in [4.78, 5) is 15.0. The summed E-state index contributed by atoms with van der Waals surface area (Å²) in [6, 6.07) is 5.78. The molecule has 0 unspecified atom stereocenters. The highest BCUT2D eigenvalue weighted by atomic mass is 28.4. The second-order valence-corrected chi connectivity index (χ2v) is 10.5. The van der Waals surface area contributed by atoms with Crippen LogP contribution in [-0.4, -0.2) is 33.7 Å². The zero-order chi connectivity index (χ0) is 17.5. The smallest absolute Gasteiger partial charge is 0.302 e. The van der Waals surface area contributed by atoms with Crippen molar-refractivity contribution in [3.63, 3.8) is 0 Å². The molecule has 0 heterocycles. The van der Waals surface area contributed by atoms with Gasteiger partial charge in [0.15, 0.2) is 5.88 Å². The summed E-state index contributed by atoms with van der Waals surface area (Å²) in [6.45, 7) is 13.9. The first-order chi connectivity index (χ1) is 10.7. The third-order valence-electron chi connectivity index (χ3n) is 2.58. The van der Waals surface area contributed by atoms with Crippen LogP contribution < -0.4 is 4.74 Å². The first kappa shape index (κ1) is 19.0. The van der Waals surface area contributed by atoms with Gasteiger partial charge in [0.2, 0.25) is 8.32 Å². The molecule has 0 N–H and O–H groups in total. The Morgan fingerprint density at radius 1 is 1.30 bits per heavy atom. The van der Waals surface area contributed by atoms with E-state index >= 15 is 0 Å². The Balaban J connectivity index is 2.74. The van der Waals surface area contributed by atoms with E-state index in [9.17, 15) is 4.79 Å². The summed E-state index contributed by atoms with van der Waals surface area (Å²) < 4.78 is 16.2. The number of aryl methyl sites for hydroxylation is 1. The van der Waals surface area contributed by atoms with E-state index < -0.39 is 8.32 Å². The van der Waals surface area contributed by atoms with E-state index in [2.05, 4.69) is 31.2 Å². The molecule has 1 aromatic carbocycles. The van der Waals surface area contributed by atoms with Crippen LogP contribution in [-0.2, 0) is 14.0 Å². The second-order valence-electron chi connectivity index (χ2n) is 6.10. The van der Waals surface area contributed by atoms with Gasteiger partial charge in [0, 0.05) is 18.7 Å². The molecule has 0 atom stereocenters. The highest BCUT2D eigenvalue weighted by Crippen LogP contribution is 2.19. The molecule has 0 aliphatic rings. The highest BCUT2D eigenvalue weighted by Gasteiger charge is 2.16. The van der Waals surface area contributed by atoms with E-state index in [4.69, 9.17) is 13.9 Å². The summed E-state index contributed by atoms with van der Waals surface area (Å²) >= 11 is 0. The van der Waals surface area contributed by atoms with Gasteiger partial charge in [0.1, 0.15) is 19.0 Å². The summed E-state index contributed by atoms with van der Waals surface area (Å²) in [5.74, 6) is 0.753. The van der Waals surface area contributed by atoms with Crippen molar-refractivity contribution in [3.8, 4) is 5.75 Å². The lowest BCUT2D eigenvalue weighted by molar-refractivity contribution is -0.141. The topological polar surface area (TPSA) is 57.1 Å². The molecule has 5 nitrogen and oxygen atoms in total. The van der Waals surface area contributed by atoms with Crippen LogP contribution in [0.3, 0.4) is 0 Å². The molecule has 0 aliphatic carbocycles. The monoisotopic (exact) mass is 335 g/mol. The van der Waals surface area contributed by atoms with Gasteiger partial charge in [0.25, 0.3) is 0 Å². The zero-order valence-corrected chi connectivity index (χ0v) is 15.5. The van der Waals surface area contributed by atoms with Crippen molar-refractivity contribution in [2.24, 2.45) is 4.99 Å². The molecule has 1 aromatic rings. The predicted molar refractivity (Wildman–Crippen MR) is 94.5 cm³/mol. The van der Waals surface area contributed by atoms with Crippen molar-refractivity contribution in [1.29, 1.82) is 0 Å². The summed E-state index contributed by atoms with van der Waals surface area (Å²) in [7, 11) is -1.71. The Bertz CT molecular complexity index is 591. The minimum Gasteiger partial charge on any atom is -0.532 e. The lowest BCUT2D eigenvalue weighted by atomic mass is 10.1. The molecule has 0 aliphatic heterocycles. The number of hydrogen-bond donors (Lipinski definition) is 0. The maximum Gasteiger partial charge on any atom is 0.302 e. The van der Waals surface area contributed by atoms with Crippen molar-refractivity contribution >= 4 is 20.5 Å². The largest absolute Gasteiger partial charge is 0.532 e. The van der Waals surface area contributed by atoms with E-state index in [0.29, 0.717) is 11.6 Å². The maximum absolute atomic E-state index is 10.7. The summed E-state index contributed by atoms with van der Waals surface area (Å²) in [6.07, 6.45) is 1.68. The predicted octanol–water partition coefficient (Wildman–Crippen LogP) is 3.68. The van der Waals surface area contributed by atoms with Gasteiger partial charge in [-0.2, -0.15) is 0 Å². The molecule has 0 aromatic heterocycles. The molecule has 23 heavy (non-hydrogen) atoms. The molecule has 0 radical (unpaired) electrons. The molecule has 0 bridgehead atoms. The Hall–Kier alpha value is -2.08. The average molecular weight is 335 g/mol. The third-order valence-corrected chi connectivity index (χ3v) is 3.43. The lowest BCUT2D eigenvalue weighted by Gasteiger charge is -2.18. The fraction of sp³-hybridized carbons (Fsp3) is 0.412. The Labute approximate surface area is 139 Å².